The molecule has 0 bridgehead atoms. The number of allylic oxidation sites excluding steroid dienone is 2. The summed E-state index contributed by atoms with van der Waals surface area (Å²) >= 11 is 0. The van der Waals surface area contributed by atoms with E-state index in [2.05, 4.69) is 6.58 Å². The summed E-state index contributed by atoms with van der Waals surface area (Å²) in [6, 6.07) is 11.8. The van der Waals surface area contributed by atoms with Crippen molar-refractivity contribution in [3.8, 4) is 17.2 Å². The molecule has 3 rings (SSSR count). The number of hydrogen-bond donors (Lipinski definition) is 2. The third kappa shape index (κ3) is 1.95. The van der Waals surface area contributed by atoms with Crippen molar-refractivity contribution < 1.29 is 14.9 Å². The molecule has 1 aliphatic heterocycles. The lowest BCUT2D eigenvalue weighted by molar-refractivity contribution is 0.452. The van der Waals surface area contributed by atoms with Crippen molar-refractivity contribution in [1.29, 1.82) is 0 Å². The lowest BCUT2D eigenvalue weighted by Crippen LogP contribution is -2.00. The van der Waals surface area contributed by atoms with Crippen LogP contribution in [0.2, 0.25) is 0 Å². The van der Waals surface area contributed by atoms with Crippen molar-refractivity contribution in [2.45, 2.75) is 0 Å². The van der Waals surface area contributed by atoms with Crippen LogP contribution in [0.5, 0.6) is 17.2 Å². The Morgan fingerprint density at radius 1 is 0.895 bits per heavy atom. The molecular weight excluding hydrogens is 240 g/mol. The number of ether oxygens (including phenoxy) is 1. The third-order valence-corrected chi connectivity index (χ3v) is 3.10. The maximum absolute atomic E-state index is 9.43. The van der Waals surface area contributed by atoms with Crippen LogP contribution in [0, 0.1) is 0 Å². The Labute approximate surface area is 110 Å². The highest BCUT2D eigenvalue weighted by Crippen LogP contribution is 2.40. The van der Waals surface area contributed by atoms with Gasteiger partial charge in [0.2, 0.25) is 0 Å². The molecule has 0 spiro atoms. The predicted molar refractivity (Wildman–Crippen MR) is 73.9 cm³/mol. The average molecular weight is 252 g/mol. The maximum atomic E-state index is 9.43. The Morgan fingerprint density at radius 2 is 1.58 bits per heavy atom. The van der Waals surface area contributed by atoms with Crippen LogP contribution in [-0.4, -0.2) is 10.2 Å². The van der Waals surface area contributed by atoms with E-state index in [9.17, 15) is 10.2 Å². The summed E-state index contributed by atoms with van der Waals surface area (Å²) in [6.45, 7) is 4.07. The van der Waals surface area contributed by atoms with Gasteiger partial charge in [0.05, 0.1) is 6.26 Å². The minimum atomic E-state index is 0.160. The molecule has 0 atom stereocenters. The van der Waals surface area contributed by atoms with Gasteiger partial charge in [0.1, 0.15) is 17.2 Å². The molecule has 0 aliphatic carbocycles. The van der Waals surface area contributed by atoms with E-state index in [1.807, 2.05) is 0 Å². The minimum absolute atomic E-state index is 0.160. The van der Waals surface area contributed by atoms with Gasteiger partial charge < -0.3 is 14.9 Å². The van der Waals surface area contributed by atoms with E-state index in [1.54, 1.807) is 48.7 Å². The zero-order valence-electron chi connectivity index (χ0n) is 10.1. The fourth-order valence-electron chi connectivity index (χ4n) is 2.08. The van der Waals surface area contributed by atoms with Gasteiger partial charge in [-0.15, -0.1) is 0 Å². The molecule has 3 heteroatoms. The summed E-state index contributed by atoms with van der Waals surface area (Å²) < 4.78 is 5.53. The second-order valence-electron chi connectivity index (χ2n) is 4.36. The zero-order chi connectivity index (χ0) is 13.4. The van der Waals surface area contributed by atoms with E-state index in [-0.39, 0.29) is 11.5 Å². The second-order valence-corrected chi connectivity index (χ2v) is 4.36. The van der Waals surface area contributed by atoms with Gasteiger partial charge in [-0.25, -0.2) is 0 Å². The molecule has 1 aliphatic rings. The highest BCUT2D eigenvalue weighted by molar-refractivity contribution is 6.06. The molecule has 0 saturated heterocycles. The maximum Gasteiger partial charge on any atom is 0.138 e. The van der Waals surface area contributed by atoms with E-state index < -0.39 is 0 Å². The van der Waals surface area contributed by atoms with Gasteiger partial charge >= 0.3 is 0 Å². The number of hydrogen-bond acceptors (Lipinski definition) is 3. The van der Waals surface area contributed by atoms with Crippen LogP contribution in [0.25, 0.3) is 11.1 Å². The predicted octanol–water partition coefficient (Wildman–Crippen LogP) is 3.54. The Kier molecular flexibility index (Phi) is 2.53. The lowest BCUT2D eigenvalue weighted by atomic mass is 9.92. The highest BCUT2D eigenvalue weighted by atomic mass is 16.5. The van der Waals surface area contributed by atoms with Crippen LogP contribution >= 0.6 is 0 Å². The van der Waals surface area contributed by atoms with Crippen molar-refractivity contribution in [3.05, 3.63) is 66.4 Å². The molecule has 0 saturated carbocycles. The highest BCUT2D eigenvalue weighted by Gasteiger charge is 2.18. The average Bonchev–Trinajstić information content (AvgIpc) is 2.40. The number of benzene rings is 2. The zero-order valence-corrected chi connectivity index (χ0v) is 10.1. The van der Waals surface area contributed by atoms with Crippen LogP contribution in [0.15, 0.2) is 55.3 Å². The van der Waals surface area contributed by atoms with E-state index in [0.29, 0.717) is 5.75 Å². The van der Waals surface area contributed by atoms with Crippen LogP contribution in [0.1, 0.15) is 11.1 Å². The molecule has 2 N–H and O–H groups in total. The first-order chi connectivity index (χ1) is 9.15. The summed E-state index contributed by atoms with van der Waals surface area (Å²) in [6.07, 6.45) is 1.61. The van der Waals surface area contributed by atoms with Gasteiger partial charge in [-0.2, -0.15) is 0 Å². The Hall–Kier alpha value is -2.68. The number of aromatic hydroxyl groups is 2. The molecule has 2 aromatic rings. The second kappa shape index (κ2) is 4.21. The van der Waals surface area contributed by atoms with Crippen LogP contribution in [0.4, 0.5) is 0 Å². The van der Waals surface area contributed by atoms with Crippen LogP contribution in [-0.2, 0) is 0 Å². The molecule has 0 aromatic heterocycles. The molecule has 19 heavy (non-hydrogen) atoms. The van der Waals surface area contributed by atoms with Crippen molar-refractivity contribution in [3.63, 3.8) is 0 Å². The Morgan fingerprint density at radius 3 is 2.32 bits per heavy atom. The summed E-state index contributed by atoms with van der Waals surface area (Å²) in [5.74, 6) is 0.970. The summed E-state index contributed by atoms with van der Waals surface area (Å²) in [4.78, 5) is 0. The van der Waals surface area contributed by atoms with Gasteiger partial charge in [0.25, 0.3) is 0 Å². The summed E-state index contributed by atoms with van der Waals surface area (Å²) in [5, 5.41) is 18.7. The standard InChI is InChI=1S/C16H12O3/c1-10-14-7-6-13(18)8-16(14)19-9-15(10)11-2-4-12(17)5-3-11/h2-9,17-18H,1H2. The Balaban J connectivity index is 2.03. The smallest absolute Gasteiger partial charge is 0.138 e. The Bertz CT molecular complexity index is 682. The largest absolute Gasteiger partial charge is 0.508 e. The molecule has 2 aromatic carbocycles. The normalized spacial score (nSPS) is 13.5. The van der Waals surface area contributed by atoms with Crippen molar-refractivity contribution >= 4 is 11.1 Å². The van der Waals surface area contributed by atoms with Gasteiger partial charge in [0.15, 0.2) is 0 Å². The van der Waals surface area contributed by atoms with Crippen LogP contribution in [0.3, 0.4) is 0 Å². The summed E-state index contributed by atoms with van der Waals surface area (Å²) in [7, 11) is 0. The first kappa shape index (κ1) is 11.4. The van der Waals surface area contributed by atoms with Crippen molar-refractivity contribution in [2.24, 2.45) is 0 Å². The number of phenols is 2. The van der Waals surface area contributed by atoms with E-state index in [0.717, 1.165) is 22.3 Å². The molecule has 94 valence electrons. The molecule has 3 nitrogen and oxygen atoms in total. The quantitative estimate of drug-likeness (QED) is 0.816. The lowest BCUT2D eigenvalue weighted by Gasteiger charge is -2.20. The van der Waals surface area contributed by atoms with Gasteiger partial charge in [0, 0.05) is 17.2 Å². The van der Waals surface area contributed by atoms with Gasteiger partial charge in [-0.05, 0) is 35.4 Å². The fraction of sp³-hybridized carbons (Fsp3) is 0. The number of fused-ring (bicyclic) bond motifs is 1. The molecule has 0 radical (unpaired) electrons. The molecule has 0 fully saturated rings. The van der Waals surface area contributed by atoms with E-state index in [4.69, 9.17) is 4.74 Å². The molecule has 0 unspecified atom stereocenters. The third-order valence-electron chi connectivity index (χ3n) is 3.10. The molecular formula is C16H12O3. The number of phenolic OH excluding ortho intramolecular Hbond substituents is 2. The van der Waals surface area contributed by atoms with E-state index in [1.165, 1.54) is 0 Å². The molecule has 1 heterocycles. The SMILES string of the molecule is C=C1C(c2ccc(O)cc2)=COc2cc(O)ccc21. The first-order valence-electron chi connectivity index (χ1n) is 5.84. The molecule has 0 amide bonds. The summed E-state index contributed by atoms with van der Waals surface area (Å²) in [5.41, 5.74) is 3.45. The fourth-order valence-corrected chi connectivity index (χ4v) is 2.08. The first-order valence-corrected chi connectivity index (χ1v) is 5.84. The van der Waals surface area contributed by atoms with Gasteiger partial charge in [-0.1, -0.05) is 18.7 Å². The monoisotopic (exact) mass is 252 g/mol. The van der Waals surface area contributed by atoms with Crippen LogP contribution < -0.4 is 4.74 Å². The van der Waals surface area contributed by atoms with E-state index >= 15 is 0 Å². The van der Waals surface area contributed by atoms with Crippen molar-refractivity contribution in [1.82, 2.24) is 0 Å². The topological polar surface area (TPSA) is 49.7 Å². The van der Waals surface area contributed by atoms with Gasteiger partial charge in [-0.3, -0.25) is 0 Å². The minimum Gasteiger partial charge on any atom is -0.508 e. The van der Waals surface area contributed by atoms with Crippen molar-refractivity contribution in [2.75, 3.05) is 0 Å². The number of rotatable bonds is 1.